The number of nitrogens with zero attached hydrogens (tertiary/aromatic N) is 1. The fourth-order valence-electron chi connectivity index (χ4n) is 4.69. The highest BCUT2D eigenvalue weighted by atomic mass is 15.2. The molecule has 3 aliphatic rings. The van der Waals surface area contributed by atoms with Gasteiger partial charge in [-0.25, -0.2) is 0 Å². The average molecular weight is 264 g/mol. The Morgan fingerprint density at radius 2 is 1.84 bits per heavy atom. The molecule has 2 heteroatoms. The summed E-state index contributed by atoms with van der Waals surface area (Å²) in [5, 5.41) is 3.81. The summed E-state index contributed by atoms with van der Waals surface area (Å²) >= 11 is 0. The zero-order valence-corrected chi connectivity index (χ0v) is 12.7. The Morgan fingerprint density at radius 1 is 1.00 bits per heavy atom. The molecule has 0 aromatic rings. The number of rotatable bonds is 3. The molecule has 0 spiro atoms. The first-order valence-corrected chi connectivity index (χ1v) is 8.78. The van der Waals surface area contributed by atoms with Crippen LogP contribution in [0.5, 0.6) is 0 Å². The molecule has 2 aliphatic carbocycles. The van der Waals surface area contributed by atoms with Crippen molar-refractivity contribution in [3.8, 4) is 0 Å². The second-order valence-corrected chi connectivity index (χ2v) is 7.39. The van der Waals surface area contributed by atoms with Crippen molar-refractivity contribution >= 4 is 0 Å². The molecule has 0 bridgehead atoms. The summed E-state index contributed by atoms with van der Waals surface area (Å²) in [6.45, 7) is 7.69. The first-order valence-electron chi connectivity index (χ1n) is 8.78. The van der Waals surface area contributed by atoms with E-state index in [9.17, 15) is 0 Å². The van der Waals surface area contributed by atoms with Crippen LogP contribution in [-0.4, -0.2) is 37.1 Å². The maximum atomic E-state index is 3.81. The highest BCUT2D eigenvalue weighted by Crippen LogP contribution is 2.33. The summed E-state index contributed by atoms with van der Waals surface area (Å²) in [7, 11) is 0. The van der Waals surface area contributed by atoms with Gasteiger partial charge in [0.25, 0.3) is 0 Å². The summed E-state index contributed by atoms with van der Waals surface area (Å²) in [6.07, 6.45) is 11.8. The monoisotopic (exact) mass is 264 g/mol. The van der Waals surface area contributed by atoms with E-state index in [1.54, 1.807) is 0 Å². The fourth-order valence-corrected chi connectivity index (χ4v) is 4.69. The molecule has 3 unspecified atom stereocenters. The molecule has 0 aromatic carbocycles. The molecule has 2 nitrogen and oxygen atoms in total. The molecule has 0 amide bonds. The van der Waals surface area contributed by atoms with Gasteiger partial charge in [0.2, 0.25) is 0 Å². The SMILES string of the molecule is CC1CCCC1CN1CCNC(C2CCCCC2)C1. The summed E-state index contributed by atoms with van der Waals surface area (Å²) in [5.74, 6) is 2.94. The first-order chi connectivity index (χ1) is 9.33. The molecule has 1 saturated heterocycles. The molecule has 0 radical (unpaired) electrons. The van der Waals surface area contributed by atoms with E-state index in [1.807, 2.05) is 0 Å². The molecule has 1 heterocycles. The lowest BCUT2D eigenvalue weighted by Gasteiger charge is -2.40. The largest absolute Gasteiger partial charge is 0.311 e. The van der Waals surface area contributed by atoms with Gasteiger partial charge >= 0.3 is 0 Å². The summed E-state index contributed by atoms with van der Waals surface area (Å²) in [6, 6.07) is 0.797. The van der Waals surface area contributed by atoms with E-state index in [0.717, 1.165) is 23.8 Å². The van der Waals surface area contributed by atoms with Gasteiger partial charge in [0.05, 0.1) is 0 Å². The zero-order valence-electron chi connectivity index (χ0n) is 12.7. The van der Waals surface area contributed by atoms with Crippen LogP contribution in [-0.2, 0) is 0 Å². The Morgan fingerprint density at radius 3 is 2.58 bits per heavy atom. The third kappa shape index (κ3) is 3.52. The molecule has 3 atom stereocenters. The molecule has 3 fully saturated rings. The van der Waals surface area contributed by atoms with Gasteiger partial charge in [0.15, 0.2) is 0 Å². The molecule has 2 saturated carbocycles. The van der Waals surface area contributed by atoms with Gasteiger partial charge in [-0.1, -0.05) is 39.0 Å². The Hall–Kier alpha value is -0.0800. The highest BCUT2D eigenvalue weighted by Gasteiger charge is 2.31. The van der Waals surface area contributed by atoms with Gasteiger partial charge in [0, 0.05) is 32.2 Å². The molecule has 19 heavy (non-hydrogen) atoms. The number of piperazine rings is 1. The summed E-state index contributed by atoms with van der Waals surface area (Å²) < 4.78 is 0. The van der Waals surface area contributed by atoms with Crippen molar-refractivity contribution in [3.63, 3.8) is 0 Å². The molecule has 1 aliphatic heterocycles. The van der Waals surface area contributed by atoms with Crippen LogP contribution in [0.15, 0.2) is 0 Å². The second kappa shape index (κ2) is 6.58. The second-order valence-electron chi connectivity index (χ2n) is 7.39. The molecule has 110 valence electrons. The van der Waals surface area contributed by atoms with Crippen LogP contribution < -0.4 is 5.32 Å². The van der Waals surface area contributed by atoms with Gasteiger partial charge in [0.1, 0.15) is 0 Å². The Labute approximate surface area is 119 Å². The smallest absolute Gasteiger partial charge is 0.0223 e. The number of nitrogens with one attached hydrogen (secondary N) is 1. The lowest BCUT2D eigenvalue weighted by Crippen LogP contribution is -2.54. The molecular weight excluding hydrogens is 232 g/mol. The third-order valence-electron chi connectivity index (χ3n) is 6.04. The van der Waals surface area contributed by atoms with Gasteiger partial charge in [-0.3, -0.25) is 0 Å². The zero-order chi connectivity index (χ0) is 13.1. The molecular formula is C17H32N2. The average Bonchev–Trinajstić information content (AvgIpc) is 2.86. The first kappa shape index (κ1) is 13.9. The molecule has 0 aromatic heterocycles. The van der Waals surface area contributed by atoms with E-state index in [0.29, 0.717) is 0 Å². The predicted octanol–water partition coefficient (Wildman–Crippen LogP) is 3.28. The summed E-state index contributed by atoms with van der Waals surface area (Å²) in [5.41, 5.74) is 0. The van der Waals surface area contributed by atoms with Crippen molar-refractivity contribution in [3.05, 3.63) is 0 Å². The van der Waals surface area contributed by atoms with Crippen molar-refractivity contribution in [1.29, 1.82) is 0 Å². The minimum Gasteiger partial charge on any atom is -0.311 e. The standard InChI is InChI=1S/C17H32N2/c1-14-6-5-9-16(14)12-19-11-10-18-17(13-19)15-7-3-2-4-8-15/h14-18H,2-13H2,1H3. The number of hydrogen-bond donors (Lipinski definition) is 1. The minimum absolute atomic E-state index is 0.797. The Kier molecular flexibility index (Phi) is 4.81. The fraction of sp³-hybridized carbons (Fsp3) is 1.00. The van der Waals surface area contributed by atoms with Crippen LogP contribution in [0.2, 0.25) is 0 Å². The quantitative estimate of drug-likeness (QED) is 0.841. The normalized spacial score (nSPS) is 38.7. The van der Waals surface area contributed by atoms with Crippen molar-refractivity contribution in [2.45, 2.75) is 64.3 Å². The predicted molar refractivity (Wildman–Crippen MR) is 81.3 cm³/mol. The van der Waals surface area contributed by atoms with Crippen molar-refractivity contribution < 1.29 is 0 Å². The number of hydrogen-bond acceptors (Lipinski definition) is 2. The minimum atomic E-state index is 0.797. The van der Waals surface area contributed by atoms with Crippen LogP contribution >= 0.6 is 0 Å². The van der Waals surface area contributed by atoms with Crippen LogP contribution in [0.25, 0.3) is 0 Å². The van der Waals surface area contributed by atoms with Crippen molar-refractivity contribution in [2.24, 2.45) is 17.8 Å². The molecule has 1 N–H and O–H groups in total. The van der Waals surface area contributed by atoms with E-state index in [1.165, 1.54) is 77.5 Å². The third-order valence-corrected chi connectivity index (χ3v) is 6.04. The molecule has 3 rings (SSSR count). The van der Waals surface area contributed by atoms with Gasteiger partial charge in [-0.05, 0) is 37.0 Å². The maximum Gasteiger partial charge on any atom is 0.0223 e. The van der Waals surface area contributed by atoms with Crippen LogP contribution in [0.1, 0.15) is 58.3 Å². The van der Waals surface area contributed by atoms with E-state index in [2.05, 4.69) is 17.1 Å². The van der Waals surface area contributed by atoms with Crippen LogP contribution in [0.3, 0.4) is 0 Å². The van der Waals surface area contributed by atoms with Gasteiger partial charge in [-0.2, -0.15) is 0 Å². The highest BCUT2D eigenvalue weighted by molar-refractivity contribution is 4.87. The van der Waals surface area contributed by atoms with E-state index < -0.39 is 0 Å². The lowest BCUT2D eigenvalue weighted by molar-refractivity contribution is 0.124. The van der Waals surface area contributed by atoms with Crippen molar-refractivity contribution in [1.82, 2.24) is 10.2 Å². The topological polar surface area (TPSA) is 15.3 Å². The van der Waals surface area contributed by atoms with Gasteiger partial charge < -0.3 is 10.2 Å². The van der Waals surface area contributed by atoms with E-state index in [-0.39, 0.29) is 0 Å². The van der Waals surface area contributed by atoms with Crippen molar-refractivity contribution in [2.75, 3.05) is 26.2 Å². The maximum absolute atomic E-state index is 3.81. The van der Waals surface area contributed by atoms with Crippen LogP contribution in [0.4, 0.5) is 0 Å². The van der Waals surface area contributed by atoms with Gasteiger partial charge in [-0.15, -0.1) is 0 Å². The van der Waals surface area contributed by atoms with E-state index >= 15 is 0 Å². The Balaban J connectivity index is 1.49. The van der Waals surface area contributed by atoms with E-state index in [4.69, 9.17) is 0 Å². The lowest BCUT2D eigenvalue weighted by atomic mass is 9.83. The Bertz CT molecular complexity index is 272. The van der Waals surface area contributed by atoms with Crippen LogP contribution in [0, 0.1) is 17.8 Å². The summed E-state index contributed by atoms with van der Waals surface area (Å²) in [4.78, 5) is 2.78.